The Bertz CT molecular complexity index is 1110. The highest BCUT2D eigenvalue weighted by atomic mass is 32.1. The Morgan fingerprint density at radius 2 is 2.00 bits per heavy atom. The number of anilines is 1. The molecule has 0 radical (unpaired) electrons. The van der Waals surface area contributed by atoms with Crippen LogP contribution in [0, 0.1) is 0 Å². The fraction of sp³-hybridized carbons (Fsp3) is 0.333. The highest BCUT2D eigenvalue weighted by Crippen LogP contribution is 2.42. The molecule has 0 saturated heterocycles. The highest BCUT2D eigenvalue weighted by Gasteiger charge is 2.28. The maximum atomic E-state index is 4.92. The number of hydrogen-bond acceptors (Lipinski definition) is 6. The first kappa shape index (κ1) is 17.3. The van der Waals surface area contributed by atoms with Crippen LogP contribution in [0.4, 0.5) is 5.82 Å². The second kappa shape index (κ2) is 6.98. The molecule has 3 aromatic heterocycles. The second-order valence-corrected chi connectivity index (χ2v) is 8.36. The van der Waals surface area contributed by atoms with Crippen molar-refractivity contribution in [1.82, 2.24) is 24.7 Å². The van der Waals surface area contributed by atoms with Gasteiger partial charge >= 0.3 is 0 Å². The minimum Gasteiger partial charge on any atom is -0.362 e. The highest BCUT2D eigenvalue weighted by molar-refractivity contribution is 7.17. The van der Waals surface area contributed by atoms with Crippen LogP contribution in [0.2, 0.25) is 0 Å². The molecule has 3 heterocycles. The van der Waals surface area contributed by atoms with Crippen molar-refractivity contribution >= 4 is 27.4 Å². The second-order valence-electron chi connectivity index (χ2n) is 7.50. The summed E-state index contributed by atoms with van der Waals surface area (Å²) in [5.74, 6) is 3.27. The van der Waals surface area contributed by atoms with Gasteiger partial charge in [0.15, 0.2) is 5.82 Å². The largest absolute Gasteiger partial charge is 0.362 e. The molecule has 28 heavy (non-hydrogen) atoms. The van der Waals surface area contributed by atoms with Gasteiger partial charge in [-0.3, -0.25) is 0 Å². The van der Waals surface area contributed by atoms with E-state index in [1.807, 2.05) is 6.07 Å². The molecule has 0 unspecified atom stereocenters. The van der Waals surface area contributed by atoms with Crippen LogP contribution < -0.4 is 5.32 Å². The topological polar surface area (TPSA) is 68.5 Å². The third-order valence-electron chi connectivity index (χ3n) is 5.10. The summed E-state index contributed by atoms with van der Waals surface area (Å²) in [6, 6.07) is 10.8. The zero-order valence-corrected chi connectivity index (χ0v) is 16.8. The Kier molecular flexibility index (Phi) is 4.31. The number of nitrogens with zero attached hydrogens (tertiary/aromatic N) is 5. The van der Waals surface area contributed by atoms with Crippen molar-refractivity contribution in [3.05, 3.63) is 53.7 Å². The summed E-state index contributed by atoms with van der Waals surface area (Å²) >= 11 is 1.69. The molecule has 7 heteroatoms. The Balaban J connectivity index is 1.57. The predicted molar refractivity (Wildman–Crippen MR) is 113 cm³/mol. The molecule has 0 spiro atoms. The molecule has 1 aliphatic carbocycles. The number of thiophene rings is 1. The molecule has 1 fully saturated rings. The number of hydrogen-bond donors (Lipinski definition) is 1. The molecule has 0 aliphatic heterocycles. The van der Waals surface area contributed by atoms with E-state index in [1.54, 1.807) is 17.7 Å². The van der Waals surface area contributed by atoms with Gasteiger partial charge in [-0.1, -0.05) is 30.3 Å². The molecule has 5 rings (SSSR count). The van der Waals surface area contributed by atoms with Crippen LogP contribution >= 0.6 is 11.3 Å². The van der Waals surface area contributed by atoms with Gasteiger partial charge in [0.05, 0.1) is 11.9 Å². The molecule has 0 bridgehead atoms. The van der Waals surface area contributed by atoms with Crippen molar-refractivity contribution in [1.29, 1.82) is 0 Å². The Morgan fingerprint density at radius 1 is 1.18 bits per heavy atom. The zero-order chi connectivity index (χ0) is 19.1. The number of nitrogens with one attached hydrogen (secondary N) is 1. The van der Waals surface area contributed by atoms with E-state index in [9.17, 15) is 0 Å². The maximum Gasteiger partial charge on any atom is 0.152 e. The van der Waals surface area contributed by atoms with Gasteiger partial charge in [0.2, 0.25) is 0 Å². The quantitative estimate of drug-likeness (QED) is 0.501. The van der Waals surface area contributed by atoms with Gasteiger partial charge in [-0.25, -0.2) is 9.97 Å². The molecular formula is C21H22N6S. The molecule has 1 N–H and O–H groups in total. The van der Waals surface area contributed by atoms with Crippen LogP contribution in [0.25, 0.3) is 21.3 Å². The summed E-state index contributed by atoms with van der Waals surface area (Å²) in [7, 11) is 0. The van der Waals surface area contributed by atoms with E-state index in [1.165, 1.54) is 24.0 Å². The molecule has 1 aromatic carbocycles. The predicted octanol–water partition coefficient (Wildman–Crippen LogP) is 5.02. The van der Waals surface area contributed by atoms with Crippen LogP contribution in [0.1, 0.15) is 50.3 Å². The number of benzene rings is 1. The van der Waals surface area contributed by atoms with Gasteiger partial charge in [-0.05, 0) is 32.3 Å². The molecule has 1 aliphatic rings. The first-order chi connectivity index (χ1) is 13.7. The minimum absolute atomic E-state index is 0.320. The van der Waals surface area contributed by atoms with Crippen molar-refractivity contribution in [2.24, 2.45) is 0 Å². The monoisotopic (exact) mass is 390 g/mol. The normalized spacial score (nSPS) is 14.1. The lowest BCUT2D eigenvalue weighted by atomic mass is 10.1. The first-order valence-electron chi connectivity index (χ1n) is 9.67. The third kappa shape index (κ3) is 3.16. The van der Waals surface area contributed by atoms with Gasteiger partial charge in [0, 0.05) is 22.9 Å². The summed E-state index contributed by atoms with van der Waals surface area (Å²) < 4.78 is 2.08. The van der Waals surface area contributed by atoms with Crippen LogP contribution in [-0.4, -0.2) is 24.7 Å². The average Bonchev–Trinajstić information content (AvgIpc) is 3.30. The summed E-state index contributed by atoms with van der Waals surface area (Å²) in [6.45, 7) is 4.85. The third-order valence-corrected chi connectivity index (χ3v) is 5.97. The fourth-order valence-corrected chi connectivity index (χ4v) is 4.38. The molecular weight excluding hydrogens is 368 g/mol. The number of aromatic nitrogens is 5. The zero-order valence-electron chi connectivity index (χ0n) is 16.0. The summed E-state index contributed by atoms with van der Waals surface area (Å²) in [6.07, 6.45) is 4.15. The van der Waals surface area contributed by atoms with Gasteiger partial charge in [0.1, 0.15) is 22.8 Å². The lowest BCUT2D eigenvalue weighted by molar-refractivity contribution is 0.572. The Labute approximate surface area is 167 Å². The van der Waals surface area contributed by atoms with Crippen LogP contribution in [0.5, 0.6) is 0 Å². The van der Waals surface area contributed by atoms with Crippen LogP contribution in [0.3, 0.4) is 0 Å². The van der Waals surface area contributed by atoms with E-state index in [2.05, 4.69) is 63.6 Å². The van der Waals surface area contributed by atoms with Gasteiger partial charge in [-0.15, -0.1) is 21.5 Å². The Hall–Kier alpha value is -2.80. The smallest absolute Gasteiger partial charge is 0.152 e. The lowest BCUT2D eigenvalue weighted by Gasteiger charge is -2.13. The standard InChI is InChI=1S/C21H22N6S/c1-13(2)27-12-23-26-17(27)10-22-20-18-16(14-6-4-3-5-7-14)11-28-21(18)25-19(24-20)15-8-9-15/h3-7,11-13,15H,8-10H2,1-2H3,(H,22,24,25). The van der Waals surface area contributed by atoms with Gasteiger partial charge in [-0.2, -0.15) is 0 Å². The first-order valence-corrected chi connectivity index (χ1v) is 10.6. The maximum absolute atomic E-state index is 4.92. The summed E-state index contributed by atoms with van der Waals surface area (Å²) in [5.41, 5.74) is 2.36. The Morgan fingerprint density at radius 3 is 2.75 bits per heavy atom. The minimum atomic E-state index is 0.320. The lowest BCUT2D eigenvalue weighted by Crippen LogP contribution is -2.11. The van der Waals surface area contributed by atoms with E-state index >= 15 is 0 Å². The number of fused-ring (bicyclic) bond motifs is 1. The van der Waals surface area contributed by atoms with Crippen LogP contribution in [-0.2, 0) is 6.54 Å². The molecule has 142 valence electrons. The van der Waals surface area contributed by atoms with E-state index in [4.69, 9.17) is 9.97 Å². The molecule has 1 saturated carbocycles. The van der Waals surface area contributed by atoms with Gasteiger partial charge in [0.25, 0.3) is 0 Å². The van der Waals surface area contributed by atoms with E-state index < -0.39 is 0 Å². The summed E-state index contributed by atoms with van der Waals surface area (Å²) in [4.78, 5) is 10.8. The number of rotatable bonds is 6. The average molecular weight is 391 g/mol. The summed E-state index contributed by atoms with van der Waals surface area (Å²) in [5, 5.41) is 15.2. The van der Waals surface area contributed by atoms with E-state index in [0.29, 0.717) is 18.5 Å². The SMILES string of the molecule is CC(C)n1cnnc1CNc1nc(C2CC2)nc2scc(-c3ccccc3)c12. The van der Waals surface area contributed by atoms with Crippen molar-refractivity contribution < 1.29 is 0 Å². The van der Waals surface area contributed by atoms with Crippen molar-refractivity contribution in [2.75, 3.05) is 5.32 Å². The van der Waals surface area contributed by atoms with Crippen LogP contribution in [0.15, 0.2) is 42.0 Å². The molecule has 6 nitrogen and oxygen atoms in total. The van der Waals surface area contributed by atoms with Crippen molar-refractivity contribution in [3.8, 4) is 11.1 Å². The molecule has 0 amide bonds. The van der Waals surface area contributed by atoms with Crippen molar-refractivity contribution in [2.45, 2.75) is 45.2 Å². The van der Waals surface area contributed by atoms with Gasteiger partial charge < -0.3 is 9.88 Å². The van der Waals surface area contributed by atoms with E-state index in [0.717, 1.165) is 27.7 Å². The molecule has 4 aromatic rings. The molecule has 0 atom stereocenters. The fourth-order valence-electron chi connectivity index (χ4n) is 3.43. The van der Waals surface area contributed by atoms with Crippen molar-refractivity contribution in [3.63, 3.8) is 0 Å². The van der Waals surface area contributed by atoms with E-state index in [-0.39, 0.29) is 0 Å².